The highest BCUT2D eigenvalue weighted by molar-refractivity contribution is 6.32. The molecule has 0 atom stereocenters. The molecule has 0 bridgehead atoms. The molecule has 1 aromatic rings. The molecule has 0 aliphatic heterocycles. The molecule has 1 rings (SSSR count). The van der Waals surface area contributed by atoms with Gasteiger partial charge in [0.1, 0.15) is 5.75 Å². The minimum absolute atomic E-state index is 0.0973. The third-order valence-corrected chi connectivity index (χ3v) is 2.47. The third kappa shape index (κ3) is 5.14. The average molecular weight is 282 g/mol. The number of halogens is 4. The van der Waals surface area contributed by atoms with Crippen molar-refractivity contribution in [2.45, 2.75) is 26.1 Å². The molecule has 102 valence electrons. The van der Waals surface area contributed by atoms with Crippen LogP contribution >= 0.6 is 11.6 Å². The van der Waals surface area contributed by atoms with E-state index in [-0.39, 0.29) is 10.8 Å². The molecule has 0 aliphatic carbocycles. The van der Waals surface area contributed by atoms with Crippen molar-refractivity contribution in [3.8, 4) is 5.75 Å². The van der Waals surface area contributed by atoms with Crippen molar-refractivity contribution in [1.29, 1.82) is 0 Å². The molecule has 1 N–H and O–H groups in total. The van der Waals surface area contributed by atoms with Gasteiger partial charge in [-0.25, -0.2) is 0 Å². The summed E-state index contributed by atoms with van der Waals surface area (Å²) in [6, 6.07) is 4.89. The molecule has 0 saturated heterocycles. The predicted octanol–water partition coefficient (Wildman–Crippen LogP) is 3.78. The Labute approximate surface area is 109 Å². The van der Waals surface area contributed by atoms with E-state index in [0.29, 0.717) is 12.1 Å². The van der Waals surface area contributed by atoms with E-state index in [2.05, 4.69) is 5.32 Å². The largest absolute Gasteiger partial charge is 0.482 e. The fraction of sp³-hybridized carbons (Fsp3) is 0.500. The fourth-order valence-corrected chi connectivity index (χ4v) is 1.66. The van der Waals surface area contributed by atoms with Gasteiger partial charge < -0.3 is 10.1 Å². The number of ether oxygens (including phenoxy) is 1. The summed E-state index contributed by atoms with van der Waals surface area (Å²) in [5.41, 5.74) is 0.625. The molecule has 0 aromatic heterocycles. The van der Waals surface area contributed by atoms with Crippen molar-refractivity contribution in [1.82, 2.24) is 5.32 Å². The molecule has 0 fully saturated rings. The summed E-state index contributed by atoms with van der Waals surface area (Å²) in [5, 5.41) is 3.29. The molecule has 6 heteroatoms. The number of rotatable bonds is 6. The first kappa shape index (κ1) is 15.1. The second-order valence-electron chi connectivity index (χ2n) is 3.81. The minimum atomic E-state index is -4.37. The maximum Gasteiger partial charge on any atom is 0.422 e. The van der Waals surface area contributed by atoms with E-state index in [1.165, 1.54) is 6.07 Å². The van der Waals surface area contributed by atoms with Crippen molar-refractivity contribution >= 4 is 11.6 Å². The molecule has 0 radical (unpaired) electrons. The zero-order valence-corrected chi connectivity index (χ0v) is 10.7. The van der Waals surface area contributed by atoms with Gasteiger partial charge in [0.25, 0.3) is 0 Å². The maximum absolute atomic E-state index is 12.1. The summed E-state index contributed by atoms with van der Waals surface area (Å²) in [6.45, 7) is 1.89. The van der Waals surface area contributed by atoms with Crippen molar-refractivity contribution in [2.75, 3.05) is 13.2 Å². The molecule has 1 aromatic carbocycles. The van der Waals surface area contributed by atoms with Crippen LogP contribution < -0.4 is 10.1 Å². The van der Waals surface area contributed by atoms with Gasteiger partial charge in [-0.3, -0.25) is 0 Å². The Morgan fingerprint density at radius 3 is 2.67 bits per heavy atom. The molecule has 18 heavy (non-hydrogen) atoms. The quantitative estimate of drug-likeness (QED) is 0.801. The highest BCUT2D eigenvalue weighted by atomic mass is 35.5. The number of hydrogen-bond donors (Lipinski definition) is 1. The summed E-state index contributed by atoms with van der Waals surface area (Å²) >= 11 is 5.85. The Kier molecular flexibility index (Phi) is 5.75. The number of nitrogens with one attached hydrogen (secondary N) is 1. The number of para-hydroxylation sites is 1. The van der Waals surface area contributed by atoms with E-state index >= 15 is 0 Å². The molecule has 0 spiro atoms. The normalized spacial score (nSPS) is 11.6. The van der Waals surface area contributed by atoms with E-state index in [1.54, 1.807) is 12.1 Å². The van der Waals surface area contributed by atoms with Crippen molar-refractivity contribution in [3.63, 3.8) is 0 Å². The Morgan fingerprint density at radius 1 is 1.33 bits per heavy atom. The minimum Gasteiger partial charge on any atom is -0.482 e. The summed E-state index contributed by atoms with van der Waals surface area (Å²) < 4.78 is 41.1. The zero-order chi connectivity index (χ0) is 13.6. The van der Waals surface area contributed by atoms with Crippen LogP contribution in [-0.2, 0) is 6.54 Å². The highest BCUT2D eigenvalue weighted by Crippen LogP contribution is 2.30. The van der Waals surface area contributed by atoms with Crippen LogP contribution in [0.4, 0.5) is 13.2 Å². The summed E-state index contributed by atoms with van der Waals surface area (Å²) in [4.78, 5) is 0. The zero-order valence-electron chi connectivity index (χ0n) is 9.98. The van der Waals surface area contributed by atoms with E-state index < -0.39 is 12.8 Å². The van der Waals surface area contributed by atoms with E-state index in [4.69, 9.17) is 16.3 Å². The highest BCUT2D eigenvalue weighted by Gasteiger charge is 2.29. The molecule has 0 amide bonds. The number of alkyl halides is 3. The van der Waals surface area contributed by atoms with Crippen LogP contribution in [-0.4, -0.2) is 19.3 Å². The predicted molar refractivity (Wildman–Crippen MR) is 65.0 cm³/mol. The van der Waals surface area contributed by atoms with Gasteiger partial charge in [-0.1, -0.05) is 30.7 Å². The molecule has 0 aliphatic rings. The topological polar surface area (TPSA) is 21.3 Å². The monoisotopic (exact) mass is 281 g/mol. The number of benzene rings is 1. The lowest BCUT2D eigenvalue weighted by molar-refractivity contribution is -0.153. The molecule has 0 saturated carbocycles. The van der Waals surface area contributed by atoms with Crippen molar-refractivity contribution in [2.24, 2.45) is 0 Å². The van der Waals surface area contributed by atoms with Gasteiger partial charge in [0.15, 0.2) is 6.61 Å². The van der Waals surface area contributed by atoms with Crippen LogP contribution in [0.2, 0.25) is 5.02 Å². The first-order chi connectivity index (χ1) is 8.44. The van der Waals surface area contributed by atoms with Gasteiger partial charge in [0.05, 0.1) is 5.02 Å². The molecule has 0 heterocycles. The second kappa shape index (κ2) is 6.85. The van der Waals surface area contributed by atoms with Gasteiger partial charge in [-0.05, 0) is 19.0 Å². The fourth-order valence-electron chi connectivity index (χ4n) is 1.41. The first-order valence-corrected chi connectivity index (χ1v) is 5.99. The Bertz CT molecular complexity index is 382. The second-order valence-corrected chi connectivity index (χ2v) is 4.22. The van der Waals surface area contributed by atoms with E-state index in [1.807, 2.05) is 6.92 Å². The van der Waals surface area contributed by atoms with Crippen LogP contribution in [0.5, 0.6) is 5.75 Å². The average Bonchev–Trinajstić information content (AvgIpc) is 2.27. The summed E-state index contributed by atoms with van der Waals surface area (Å²) in [5.74, 6) is 0.0973. The Morgan fingerprint density at radius 2 is 2.06 bits per heavy atom. The van der Waals surface area contributed by atoms with Crippen LogP contribution in [0.15, 0.2) is 18.2 Å². The lowest BCUT2D eigenvalue weighted by Gasteiger charge is -2.14. The molecular formula is C12H15ClF3NO. The van der Waals surface area contributed by atoms with Gasteiger partial charge in [0.2, 0.25) is 0 Å². The third-order valence-electron chi connectivity index (χ3n) is 2.17. The van der Waals surface area contributed by atoms with Gasteiger partial charge >= 0.3 is 6.18 Å². The standard InChI is InChI=1S/C12H15ClF3NO/c1-2-6-17-7-9-4-3-5-10(13)11(9)18-8-12(14,15)16/h3-5,17H,2,6-8H2,1H3. The van der Waals surface area contributed by atoms with Crippen molar-refractivity contribution in [3.05, 3.63) is 28.8 Å². The lowest BCUT2D eigenvalue weighted by atomic mass is 10.2. The first-order valence-electron chi connectivity index (χ1n) is 5.61. The van der Waals surface area contributed by atoms with Crippen LogP contribution in [0.1, 0.15) is 18.9 Å². The smallest absolute Gasteiger partial charge is 0.422 e. The van der Waals surface area contributed by atoms with E-state index in [0.717, 1.165) is 13.0 Å². The lowest BCUT2D eigenvalue weighted by Crippen LogP contribution is -2.21. The maximum atomic E-state index is 12.1. The molecule has 2 nitrogen and oxygen atoms in total. The molecule has 0 unspecified atom stereocenters. The molecular weight excluding hydrogens is 267 g/mol. The number of hydrogen-bond acceptors (Lipinski definition) is 2. The summed E-state index contributed by atoms with van der Waals surface area (Å²) in [6.07, 6.45) is -3.42. The van der Waals surface area contributed by atoms with Gasteiger partial charge in [-0.2, -0.15) is 13.2 Å². The SMILES string of the molecule is CCCNCc1cccc(Cl)c1OCC(F)(F)F. The van der Waals surface area contributed by atoms with E-state index in [9.17, 15) is 13.2 Å². The van der Waals surface area contributed by atoms with Crippen LogP contribution in [0.25, 0.3) is 0 Å². The Hall–Kier alpha value is -0.940. The Balaban J connectivity index is 2.74. The van der Waals surface area contributed by atoms with Crippen molar-refractivity contribution < 1.29 is 17.9 Å². The van der Waals surface area contributed by atoms with Gasteiger partial charge in [-0.15, -0.1) is 0 Å². The van der Waals surface area contributed by atoms with Crippen LogP contribution in [0.3, 0.4) is 0 Å². The summed E-state index contributed by atoms with van der Waals surface area (Å²) in [7, 11) is 0. The van der Waals surface area contributed by atoms with Gasteiger partial charge in [0, 0.05) is 12.1 Å². The van der Waals surface area contributed by atoms with Crippen LogP contribution in [0, 0.1) is 0 Å².